The summed E-state index contributed by atoms with van der Waals surface area (Å²) in [6, 6.07) is 13.1. The Hall–Kier alpha value is -1.40. The first kappa shape index (κ1) is 15.0. The van der Waals surface area contributed by atoms with Gasteiger partial charge in [0, 0.05) is 11.6 Å². The number of benzene rings is 2. The molecule has 20 heavy (non-hydrogen) atoms. The van der Waals surface area contributed by atoms with E-state index in [0.29, 0.717) is 10.6 Å². The Bertz CT molecular complexity index is 684. The predicted octanol–water partition coefficient (Wildman–Crippen LogP) is 2.31. The second kappa shape index (κ2) is 6.37. The van der Waals surface area contributed by atoms with Crippen LogP contribution in [0.3, 0.4) is 0 Å². The van der Waals surface area contributed by atoms with Crippen LogP contribution in [-0.4, -0.2) is 13.5 Å². The van der Waals surface area contributed by atoms with Crippen molar-refractivity contribution in [3.63, 3.8) is 0 Å². The van der Waals surface area contributed by atoms with E-state index in [1.165, 1.54) is 12.1 Å². The lowest BCUT2D eigenvalue weighted by atomic mass is 10.2. The first-order chi connectivity index (χ1) is 9.51. The Balaban J connectivity index is 2.10. The van der Waals surface area contributed by atoms with Crippen molar-refractivity contribution in [1.29, 1.82) is 0 Å². The van der Waals surface area contributed by atoms with Gasteiger partial charge < -0.3 is 5.11 Å². The number of aliphatic hydroxyl groups is 1. The number of aliphatic hydroxyl groups excluding tert-OH is 1. The van der Waals surface area contributed by atoms with Crippen LogP contribution < -0.4 is 4.72 Å². The summed E-state index contributed by atoms with van der Waals surface area (Å²) in [7, 11) is -3.57. The first-order valence-electron chi connectivity index (χ1n) is 5.95. The highest BCUT2D eigenvalue weighted by Gasteiger charge is 2.13. The zero-order valence-corrected chi connectivity index (χ0v) is 12.2. The molecule has 0 amide bonds. The molecule has 106 valence electrons. The minimum absolute atomic E-state index is 0.115. The van der Waals surface area contributed by atoms with Crippen LogP contribution in [0.1, 0.15) is 11.1 Å². The lowest BCUT2D eigenvalue weighted by Crippen LogP contribution is -2.23. The fraction of sp³-hybridized carbons (Fsp3) is 0.143. The molecule has 0 bridgehead atoms. The molecule has 0 aliphatic heterocycles. The normalized spacial score (nSPS) is 11.5. The SMILES string of the molecule is O=S(=O)(NCc1cccc(Cl)c1)c1ccc(CO)cc1. The third-order valence-corrected chi connectivity index (χ3v) is 4.42. The van der Waals surface area contributed by atoms with Gasteiger partial charge in [0.1, 0.15) is 0 Å². The molecule has 6 heteroatoms. The third kappa shape index (κ3) is 3.80. The highest BCUT2D eigenvalue weighted by molar-refractivity contribution is 7.89. The van der Waals surface area contributed by atoms with Crippen LogP contribution in [0.25, 0.3) is 0 Å². The summed E-state index contributed by atoms with van der Waals surface area (Å²) < 4.78 is 26.7. The molecule has 0 atom stereocenters. The number of halogens is 1. The summed E-state index contributed by atoms with van der Waals surface area (Å²) in [6.45, 7) is 0.0565. The smallest absolute Gasteiger partial charge is 0.240 e. The van der Waals surface area contributed by atoms with Gasteiger partial charge in [0.15, 0.2) is 0 Å². The summed E-state index contributed by atoms with van der Waals surface area (Å²) in [5.41, 5.74) is 1.45. The molecule has 2 N–H and O–H groups in total. The Labute approximate surface area is 123 Å². The first-order valence-corrected chi connectivity index (χ1v) is 7.81. The molecule has 0 radical (unpaired) electrons. The molecule has 0 unspecified atom stereocenters. The molecule has 0 saturated carbocycles. The monoisotopic (exact) mass is 311 g/mol. The van der Waals surface area contributed by atoms with Crippen molar-refractivity contribution in [3.05, 3.63) is 64.7 Å². The van der Waals surface area contributed by atoms with Crippen molar-refractivity contribution in [1.82, 2.24) is 4.72 Å². The molecule has 4 nitrogen and oxygen atoms in total. The zero-order chi connectivity index (χ0) is 14.6. The third-order valence-electron chi connectivity index (χ3n) is 2.77. The summed E-state index contributed by atoms with van der Waals surface area (Å²) in [6.07, 6.45) is 0. The van der Waals surface area contributed by atoms with Crippen molar-refractivity contribution >= 4 is 21.6 Å². The van der Waals surface area contributed by atoms with Crippen LogP contribution in [0.5, 0.6) is 0 Å². The van der Waals surface area contributed by atoms with Crippen LogP contribution in [0.2, 0.25) is 5.02 Å². The van der Waals surface area contributed by atoms with Crippen LogP contribution in [0.4, 0.5) is 0 Å². The lowest BCUT2D eigenvalue weighted by Gasteiger charge is -2.07. The van der Waals surface area contributed by atoms with Gasteiger partial charge in [-0.3, -0.25) is 0 Å². The van der Waals surface area contributed by atoms with E-state index in [9.17, 15) is 8.42 Å². The van der Waals surface area contributed by atoms with Gasteiger partial charge in [-0.05, 0) is 35.4 Å². The fourth-order valence-electron chi connectivity index (χ4n) is 1.68. The molecule has 0 aliphatic carbocycles. The topological polar surface area (TPSA) is 66.4 Å². The summed E-state index contributed by atoms with van der Waals surface area (Å²) in [4.78, 5) is 0.164. The molecule has 2 aromatic carbocycles. The van der Waals surface area contributed by atoms with Gasteiger partial charge in [-0.1, -0.05) is 35.9 Å². The predicted molar refractivity (Wildman–Crippen MR) is 77.8 cm³/mol. The maximum atomic E-state index is 12.1. The summed E-state index contributed by atoms with van der Waals surface area (Å²) >= 11 is 5.84. The molecule has 0 spiro atoms. The van der Waals surface area contributed by atoms with E-state index >= 15 is 0 Å². The van der Waals surface area contributed by atoms with E-state index in [4.69, 9.17) is 16.7 Å². The minimum atomic E-state index is -3.57. The average molecular weight is 312 g/mol. The summed E-state index contributed by atoms with van der Waals surface area (Å²) in [5.74, 6) is 0. The van der Waals surface area contributed by atoms with E-state index < -0.39 is 10.0 Å². The van der Waals surface area contributed by atoms with Crippen molar-refractivity contribution < 1.29 is 13.5 Å². The maximum Gasteiger partial charge on any atom is 0.240 e. The quantitative estimate of drug-likeness (QED) is 0.890. The van der Waals surface area contributed by atoms with E-state index in [1.54, 1.807) is 36.4 Å². The standard InChI is InChI=1S/C14H14ClNO3S/c15-13-3-1-2-12(8-13)9-16-20(18,19)14-6-4-11(10-17)5-7-14/h1-8,16-17H,9-10H2. The number of sulfonamides is 1. The molecular weight excluding hydrogens is 298 g/mol. The molecule has 0 aliphatic rings. The van der Waals surface area contributed by atoms with Crippen molar-refractivity contribution in [2.75, 3.05) is 0 Å². The Morgan fingerprint density at radius 3 is 2.35 bits per heavy atom. The number of hydrogen-bond donors (Lipinski definition) is 2. The van der Waals surface area contributed by atoms with Crippen LogP contribution >= 0.6 is 11.6 Å². The van der Waals surface area contributed by atoms with Gasteiger partial charge >= 0.3 is 0 Å². The minimum Gasteiger partial charge on any atom is -0.392 e. The molecular formula is C14H14ClNO3S. The fourth-order valence-corrected chi connectivity index (χ4v) is 2.91. The molecule has 0 aromatic heterocycles. The van der Waals surface area contributed by atoms with Crippen molar-refractivity contribution in [2.45, 2.75) is 18.0 Å². The Morgan fingerprint density at radius 2 is 1.75 bits per heavy atom. The molecule has 2 aromatic rings. The van der Waals surface area contributed by atoms with Crippen LogP contribution in [0.15, 0.2) is 53.4 Å². The van der Waals surface area contributed by atoms with Gasteiger partial charge in [-0.2, -0.15) is 0 Å². The largest absolute Gasteiger partial charge is 0.392 e. The second-order valence-electron chi connectivity index (χ2n) is 4.26. The average Bonchev–Trinajstić information content (AvgIpc) is 2.45. The van der Waals surface area contributed by atoms with Crippen molar-refractivity contribution in [2.24, 2.45) is 0 Å². The van der Waals surface area contributed by atoms with E-state index in [0.717, 1.165) is 5.56 Å². The Kier molecular flexibility index (Phi) is 4.77. The van der Waals surface area contributed by atoms with Gasteiger partial charge in [0.2, 0.25) is 10.0 Å². The molecule has 0 fully saturated rings. The van der Waals surface area contributed by atoms with Gasteiger partial charge in [0.05, 0.1) is 11.5 Å². The Morgan fingerprint density at radius 1 is 1.05 bits per heavy atom. The highest BCUT2D eigenvalue weighted by atomic mass is 35.5. The zero-order valence-electron chi connectivity index (χ0n) is 10.6. The van der Waals surface area contributed by atoms with Gasteiger partial charge in [-0.25, -0.2) is 13.1 Å². The molecule has 2 rings (SSSR count). The van der Waals surface area contributed by atoms with Crippen molar-refractivity contribution in [3.8, 4) is 0 Å². The van der Waals surface area contributed by atoms with E-state index in [-0.39, 0.29) is 18.0 Å². The van der Waals surface area contributed by atoms with Gasteiger partial charge in [-0.15, -0.1) is 0 Å². The maximum absolute atomic E-state index is 12.1. The number of hydrogen-bond acceptors (Lipinski definition) is 3. The number of nitrogens with one attached hydrogen (secondary N) is 1. The number of rotatable bonds is 5. The van der Waals surface area contributed by atoms with Crippen LogP contribution in [-0.2, 0) is 23.2 Å². The van der Waals surface area contributed by atoms with Crippen LogP contribution in [0, 0.1) is 0 Å². The summed E-state index contributed by atoms with van der Waals surface area (Å²) in [5, 5.41) is 9.50. The second-order valence-corrected chi connectivity index (χ2v) is 6.46. The highest BCUT2D eigenvalue weighted by Crippen LogP contribution is 2.13. The molecule has 0 heterocycles. The van der Waals surface area contributed by atoms with E-state index in [1.807, 2.05) is 0 Å². The molecule has 0 saturated heterocycles. The lowest BCUT2D eigenvalue weighted by molar-refractivity contribution is 0.282. The van der Waals surface area contributed by atoms with E-state index in [2.05, 4.69) is 4.72 Å². The van der Waals surface area contributed by atoms with Gasteiger partial charge in [0.25, 0.3) is 0 Å².